The Morgan fingerprint density at radius 2 is 2.28 bits per heavy atom. The molecule has 2 aliphatic rings. The molecule has 5 nitrogen and oxygen atoms in total. The number of imidazole rings is 1. The summed E-state index contributed by atoms with van der Waals surface area (Å²) >= 11 is 0. The van der Waals surface area contributed by atoms with Crippen molar-refractivity contribution in [1.29, 1.82) is 0 Å². The second-order valence-corrected chi connectivity index (χ2v) is 7.61. The lowest BCUT2D eigenvalue weighted by Gasteiger charge is -2.23. The van der Waals surface area contributed by atoms with Gasteiger partial charge in [-0.15, -0.1) is 0 Å². The van der Waals surface area contributed by atoms with Gasteiger partial charge < -0.3 is 9.67 Å². The molecule has 100 valence electrons. The zero-order valence-corrected chi connectivity index (χ0v) is 11.1. The maximum atomic E-state index is 11.4. The summed E-state index contributed by atoms with van der Waals surface area (Å²) in [5, 5.41) is 10.0. The van der Waals surface area contributed by atoms with Gasteiger partial charge in [-0.3, -0.25) is 0 Å². The van der Waals surface area contributed by atoms with Crippen LogP contribution in [0.2, 0.25) is 0 Å². The highest BCUT2D eigenvalue weighted by Gasteiger charge is 2.30. The van der Waals surface area contributed by atoms with Crippen molar-refractivity contribution >= 4 is 9.84 Å². The summed E-state index contributed by atoms with van der Waals surface area (Å²) in [7, 11) is -2.83. The van der Waals surface area contributed by atoms with Crippen LogP contribution in [0.4, 0.5) is 0 Å². The van der Waals surface area contributed by atoms with Gasteiger partial charge in [0.2, 0.25) is 0 Å². The molecule has 18 heavy (non-hydrogen) atoms. The number of aliphatic hydroxyl groups is 1. The van der Waals surface area contributed by atoms with Crippen LogP contribution in [0.25, 0.3) is 0 Å². The molecule has 0 bridgehead atoms. The third-order valence-corrected chi connectivity index (χ3v) is 5.78. The maximum absolute atomic E-state index is 11.4. The van der Waals surface area contributed by atoms with Gasteiger partial charge in [-0.1, -0.05) is 0 Å². The standard InChI is InChI=1S/C12H18N2O3S/c15-12-3-1-2-10-7-13-11(14(10)12)6-9-4-5-18(16,17)8-9/h7,9,12,15H,1-6,8H2. The molecule has 1 N–H and O–H groups in total. The van der Waals surface area contributed by atoms with Crippen molar-refractivity contribution in [2.45, 2.75) is 38.3 Å². The second-order valence-electron chi connectivity index (χ2n) is 5.38. The van der Waals surface area contributed by atoms with Gasteiger partial charge in [0.05, 0.1) is 11.5 Å². The van der Waals surface area contributed by atoms with Gasteiger partial charge in [-0.25, -0.2) is 13.4 Å². The molecule has 3 rings (SSSR count). The predicted molar refractivity (Wildman–Crippen MR) is 66.9 cm³/mol. The molecule has 2 unspecified atom stereocenters. The molecule has 2 aliphatic heterocycles. The molecule has 1 aromatic heterocycles. The van der Waals surface area contributed by atoms with Gasteiger partial charge in [-0.2, -0.15) is 0 Å². The smallest absolute Gasteiger partial charge is 0.150 e. The fourth-order valence-electron chi connectivity index (χ4n) is 3.02. The Labute approximate surface area is 107 Å². The van der Waals surface area contributed by atoms with Crippen molar-refractivity contribution in [2.75, 3.05) is 11.5 Å². The van der Waals surface area contributed by atoms with Gasteiger partial charge in [0.1, 0.15) is 12.1 Å². The first-order valence-corrected chi connectivity index (χ1v) is 8.31. The van der Waals surface area contributed by atoms with E-state index in [1.807, 2.05) is 10.8 Å². The summed E-state index contributed by atoms with van der Waals surface area (Å²) in [6.07, 6.45) is 5.43. The zero-order valence-electron chi connectivity index (χ0n) is 10.2. The third-order valence-electron chi connectivity index (χ3n) is 3.94. The van der Waals surface area contributed by atoms with Crippen LogP contribution >= 0.6 is 0 Å². The number of fused-ring (bicyclic) bond motifs is 1. The number of nitrogens with zero attached hydrogens (tertiary/aromatic N) is 2. The quantitative estimate of drug-likeness (QED) is 0.858. The number of hydrogen-bond acceptors (Lipinski definition) is 4. The Balaban J connectivity index is 1.80. The lowest BCUT2D eigenvalue weighted by Crippen LogP contribution is -2.21. The van der Waals surface area contributed by atoms with E-state index in [4.69, 9.17) is 0 Å². The Kier molecular flexibility index (Phi) is 2.94. The average Bonchev–Trinajstić information content (AvgIpc) is 2.85. The molecular formula is C12H18N2O3S. The van der Waals surface area contributed by atoms with E-state index in [0.29, 0.717) is 12.2 Å². The molecule has 1 fully saturated rings. The SMILES string of the molecule is O=S1(=O)CCC(Cc2ncc3n2C(O)CCC3)C1. The lowest BCUT2D eigenvalue weighted by atomic mass is 10.0. The van der Waals surface area contributed by atoms with Gasteiger partial charge in [0.25, 0.3) is 0 Å². The lowest BCUT2D eigenvalue weighted by molar-refractivity contribution is 0.0753. The zero-order chi connectivity index (χ0) is 12.8. The van der Waals surface area contributed by atoms with Crippen molar-refractivity contribution < 1.29 is 13.5 Å². The van der Waals surface area contributed by atoms with E-state index in [2.05, 4.69) is 4.98 Å². The first-order chi connectivity index (χ1) is 8.55. The monoisotopic (exact) mass is 270 g/mol. The first-order valence-electron chi connectivity index (χ1n) is 6.48. The molecule has 1 saturated heterocycles. The molecule has 0 aliphatic carbocycles. The molecule has 0 amide bonds. The highest BCUT2D eigenvalue weighted by atomic mass is 32.2. The summed E-state index contributed by atoms with van der Waals surface area (Å²) in [5.41, 5.74) is 1.07. The number of hydrogen-bond donors (Lipinski definition) is 1. The number of rotatable bonds is 2. The Hall–Kier alpha value is -0.880. The summed E-state index contributed by atoms with van der Waals surface area (Å²) < 4.78 is 24.8. The van der Waals surface area contributed by atoms with Crippen LogP contribution in [0.3, 0.4) is 0 Å². The largest absolute Gasteiger partial charge is 0.373 e. The topological polar surface area (TPSA) is 72.2 Å². The number of aromatic nitrogens is 2. The van der Waals surface area contributed by atoms with Crippen molar-refractivity contribution in [1.82, 2.24) is 9.55 Å². The normalized spacial score (nSPS) is 30.3. The van der Waals surface area contributed by atoms with Gasteiger partial charge in [0, 0.05) is 18.3 Å². The average molecular weight is 270 g/mol. The molecule has 3 heterocycles. The molecule has 0 radical (unpaired) electrons. The number of sulfone groups is 1. The second kappa shape index (κ2) is 4.35. The Morgan fingerprint density at radius 3 is 3.00 bits per heavy atom. The van der Waals surface area contributed by atoms with Crippen LogP contribution in [0.1, 0.15) is 37.0 Å². The predicted octanol–water partition coefficient (Wildman–Crippen LogP) is 0.688. The van der Waals surface area contributed by atoms with Crippen molar-refractivity contribution in [3.8, 4) is 0 Å². The van der Waals surface area contributed by atoms with Crippen LogP contribution in [0, 0.1) is 5.92 Å². The molecule has 0 spiro atoms. The fourth-order valence-corrected chi connectivity index (χ4v) is 4.89. The summed E-state index contributed by atoms with van der Waals surface area (Å²) in [5.74, 6) is 1.58. The van der Waals surface area contributed by atoms with Gasteiger partial charge in [0.15, 0.2) is 9.84 Å². The molecular weight excluding hydrogens is 252 g/mol. The van der Waals surface area contributed by atoms with E-state index in [1.165, 1.54) is 0 Å². The molecule has 0 aromatic carbocycles. The fraction of sp³-hybridized carbons (Fsp3) is 0.750. The Morgan fingerprint density at radius 1 is 1.44 bits per heavy atom. The minimum Gasteiger partial charge on any atom is -0.373 e. The van der Waals surface area contributed by atoms with E-state index in [-0.39, 0.29) is 11.7 Å². The van der Waals surface area contributed by atoms with E-state index < -0.39 is 16.1 Å². The highest BCUT2D eigenvalue weighted by molar-refractivity contribution is 7.91. The van der Waals surface area contributed by atoms with E-state index in [9.17, 15) is 13.5 Å². The minimum atomic E-state index is -2.83. The maximum Gasteiger partial charge on any atom is 0.150 e. The van der Waals surface area contributed by atoms with Gasteiger partial charge in [-0.05, 0) is 31.6 Å². The van der Waals surface area contributed by atoms with E-state index in [1.54, 1.807) is 0 Å². The van der Waals surface area contributed by atoms with Crippen LogP contribution in [-0.2, 0) is 22.7 Å². The number of aryl methyl sites for hydroxylation is 1. The third kappa shape index (κ3) is 2.19. The molecule has 0 saturated carbocycles. The van der Waals surface area contributed by atoms with Crippen LogP contribution < -0.4 is 0 Å². The Bertz CT molecular complexity index is 550. The summed E-state index contributed by atoms with van der Waals surface area (Å²) in [6.45, 7) is 0. The molecule has 6 heteroatoms. The van der Waals surface area contributed by atoms with Gasteiger partial charge >= 0.3 is 0 Å². The first kappa shape index (κ1) is 12.2. The van der Waals surface area contributed by atoms with Crippen molar-refractivity contribution in [3.63, 3.8) is 0 Å². The molecule has 1 aromatic rings. The summed E-state index contributed by atoms with van der Waals surface area (Å²) in [6, 6.07) is 0. The van der Waals surface area contributed by atoms with Crippen LogP contribution in [-0.4, -0.2) is 34.6 Å². The minimum absolute atomic E-state index is 0.163. The summed E-state index contributed by atoms with van der Waals surface area (Å²) in [4.78, 5) is 4.37. The number of aliphatic hydroxyl groups excluding tert-OH is 1. The highest BCUT2D eigenvalue weighted by Crippen LogP contribution is 2.28. The van der Waals surface area contributed by atoms with Crippen LogP contribution in [0.5, 0.6) is 0 Å². The van der Waals surface area contributed by atoms with Crippen LogP contribution in [0.15, 0.2) is 6.20 Å². The van der Waals surface area contributed by atoms with Crippen molar-refractivity contribution in [2.24, 2.45) is 5.92 Å². The van der Waals surface area contributed by atoms with E-state index in [0.717, 1.165) is 37.2 Å². The van der Waals surface area contributed by atoms with E-state index >= 15 is 0 Å². The van der Waals surface area contributed by atoms with Crippen molar-refractivity contribution in [3.05, 3.63) is 17.7 Å². The molecule has 2 atom stereocenters.